The largest absolute Gasteiger partial charge is 0.142 e. The van der Waals surface area contributed by atoms with Crippen molar-refractivity contribution in [2.24, 2.45) is 0 Å². The molecule has 1 heterocycles. The van der Waals surface area contributed by atoms with Gasteiger partial charge in [0.05, 0.1) is 0 Å². The first-order valence-corrected chi connectivity index (χ1v) is 6.23. The fraction of sp³-hybridized carbons (Fsp3) is 0.200. The molecule has 0 saturated carbocycles. The Kier molecular flexibility index (Phi) is 2.67. The third-order valence-electron chi connectivity index (χ3n) is 2.07. The molecule has 0 aliphatic heterocycles. The van der Waals surface area contributed by atoms with Crippen molar-refractivity contribution in [3.05, 3.63) is 27.5 Å². The molecule has 0 aliphatic rings. The van der Waals surface area contributed by atoms with Gasteiger partial charge in [-0.1, -0.05) is 6.92 Å². The lowest BCUT2D eigenvalue weighted by atomic mass is 10.1. The number of thiophene rings is 1. The quantitative estimate of drug-likeness (QED) is 0.726. The van der Waals surface area contributed by atoms with E-state index in [4.69, 9.17) is 0 Å². The maximum absolute atomic E-state index is 4.48. The molecule has 0 aliphatic carbocycles. The van der Waals surface area contributed by atoms with E-state index in [1.807, 2.05) is 0 Å². The number of hydrogen-bond donors (Lipinski definition) is 1. The third kappa shape index (κ3) is 1.65. The van der Waals surface area contributed by atoms with Gasteiger partial charge in [0.2, 0.25) is 0 Å². The average Bonchev–Trinajstić information content (AvgIpc) is 2.48. The minimum Gasteiger partial charge on any atom is -0.142 e. The highest BCUT2D eigenvalue weighted by Gasteiger charge is 2.05. The minimum absolute atomic E-state index is 1.06. The molecule has 2 aromatic rings. The van der Waals surface area contributed by atoms with Gasteiger partial charge in [-0.15, -0.1) is 24.0 Å². The first-order chi connectivity index (χ1) is 6.22. The molecule has 0 fully saturated rings. The van der Waals surface area contributed by atoms with Crippen LogP contribution in [0.25, 0.3) is 10.1 Å². The van der Waals surface area contributed by atoms with Crippen molar-refractivity contribution in [2.75, 3.05) is 0 Å². The van der Waals surface area contributed by atoms with E-state index in [-0.39, 0.29) is 0 Å². The number of hydrogen-bond acceptors (Lipinski definition) is 2. The Hall–Kier alpha value is 0.01000. The highest BCUT2D eigenvalue weighted by molar-refractivity contribution is 9.10. The number of fused-ring (bicyclic) bond motifs is 1. The summed E-state index contributed by atoms with van der Waals surface area (Å²) >= 11 is 9.75. The molecule has 0 nitrogen and oxygen atoms in total. The van der Waals surface area contributed by atoms with Gasteiger partial charge in [0.25, 0.3) is 0 Å². The smallest absolute Gasteiger partial charge is 0.0487 e. The maximum Gasteiger partial charge on any atom is 0.0487 e. The van der Waals surface area contributed by atoms with Crippen molar-refractivity contribution < 1.29 is 0 Å². The van der Waals surface area contributed by atoms with Gasteiger partial charge in [0.1, 0.15) is 0 Å². The first-order valence-electron chi connectivity index (χ1n) is 4.11. The topological polar surface area (TPSA) is 0 Å². The Balaban J connectivity index is 2.80. The van der Waals surface area contributed by atoms with Crippen LogP contribution in [0.1, 0.15) is 12.5 Å². The van der Waals surface area contributed by atoms with Crippen LogP contribution < -0.4 is 0 Å². The Labute approximate surface area is 95.5 Å². The summed E-state index contributed by atoms with van der Waals surface area (Å²) in [6, 6.07) is 4.38. The Morgan fingerprint density at radius 1 is 1.46 bits per heavy atom. The third-order valence-corrected chi connectivity index (χ3v) is 4.57. The lowest BCUT2D eigenvalue weighted by Gasteiger charge is -2.00. The molecule has 2 rings (SSSR count). The number of aryl methyl sites for hydroxylation is 1. The second-order valence-corrected chi connectivity index (χ2v) is 5.14. The zero-order valence-electron chi connectivity index (χ0n) is 7.17. The summed E-state index contributed by atoms with van der Waals surface area (Å²) < 4.78 is 2.45. The van der Waals surface area contributed by atoms with Gasteiger partial charge in [0, 0.05) is 24.8 Å². The predicted octanol–water partition coefficient (Wildman–Crippen LogP) is 4.51. The zero-order chi connectivity index (χ0) is 9.42. The van der Waals surface area contributed by atoms with Crippen molar-refractivity contribution >= 4 is 50.0 Å². The van der Waals surface area contributed by atoms with Crippen LogP contribution in [0, 0.1) is 0 Å². The van der Waals surface area contributed by atoms with Gasteiger partial charge in [-0.05, 0) is 40.0 Å². The standard InChI is InChI=1S/C10H9BrS2/c1-2-6-3-7-8(11)5-13-10(7)9(12)4-6/h3-5,12H,2H2,1H3. The molecular formula is C10H9BrS2. The molecule has 0 radical (unpaired) electrons. The molecular weight excluding hydrogens is 264 g/mol. The number of thiol groups is 1. The molecule has 0 N–H and O–H groups in total. The van der Waals surface area contributed by atoms with E-state index >= 15 is 0 Å². The van der Waals surface area contributed by atoms with E-state index in [0.717, 1.165) is 11.3 Å². The molecule has 3 heteroatoms. The van der Waals surface area contributed by atoms with Gasteiger partial charge in [-0.2, -0.15) is 0 Å². The second-order valence-electron chi connectivity index (χ2n) is 2.93. The van der Waals surface area contributed by atoms with E-state index in [9.17, 15) is 0 Å². The predicted molar refractivity (Wildman–Crippen MR) is 66.2 cm³/mol. The highest BCUT2D eigenvalue weighted by Crippen LogP contribution is 2.35. The summed E-state index contributed by atoms with van der Waals surface area (Å²) in [5.74, 6) is 0. The van der Waals surface area contributed by atoms with Crippen molar-refractivity contribution in [3.63, 3.8) is 0 Å². The molecule has 0 spiro atoms. The molecule has 1 aromatic carbocycles. The highest BCUT2D eigenvalue weighted by atomic mass is 79.9. The average molecular weight is 273 g/mol. The maximum atomic E-state index is 4.48. The lowest BCUT2D eigenvalue weighted by Crippen LogP contribution is -1.79. The van der Waals surface area contributed by atoms with Gasteiger partial charge in [-0.25, -0.2) is 0 Å². The number of halogens is 1. The summed E-state index contributed by atoms with van der Waals surface area (Å²) in [5.41, 5.74) is 1.34. The van der Waals surface area contributed by atoms with E-state index in [2.05, 4.69) is 53.0 Å². The van der Waals surface area contributed by atoms with Gasteiger partial charge in [-0.3, -0.25) is 0 Å². The van der Waals surface area contributed by atoms with Crippen molar-refractivity contribution in [1.82, 2.24) is 0 Å². The SMILES string of the molecule is CCc1cc(S)c2scc(Br)c2c1. The number of rotatable bonds is 1. The van der Waals surface area contributed by atoms with Crippen LogP contribution >= 0.6 is 39.9 Å². The van der Waals surface area contributed by atoms with E-state index in [0.29, 0.717) is 0 Å². The van der Waals surface area contributed by atoms with Crippen molar-refractivity contribution in [3.8, 4) is 0 Å². The first kappa shape index (κ1) is 9.56. The van der Waals surface area contributed by atoms with Crippen LogP contribution in [-0.2, 0) is 6.42 Å². The number of benzene rings is 1. The normalized spacial score (nSPS) is 11.0. The fourth-order valence-corrected chi connectivity index (χ4v) is 3.34. The molecule has 0 saturated heterocycles. The van der Waals surface area contributed by atoms with Crippen LogP contribution in [0.15, 0.2) is 26.9 Å². The monoisotopic (exact) mass is 272 g/mol. The van der Waals surface area contributed by atoms with Crippen LogP contribution in [0.5, 0.6) is 0 Å². The molecule has 0 bridgehead atoms. The summed E-state index contributed by atoms with van der Waals surface area (Å²) in [7, 11) is 0. The molecule has 1 aromatic heterocycles. The lowest BCUT2D eigenvalue weighted by molar-refractivity contribution is 1.14. The molecule has 13 heavy (non-hydrogen) atoms. The molecule has 0 atom stereocenters. The van der Waals surface area contributed by atoms with Gasteiger partial charge in [0.15, 0.2) is 0 Å². The van der Waals surface area contributed by atoms with Crippen LogP contribution in [0.4, 0.5) is 0 Å². The van der Waals surface area contributed by atoms with Gasteiger partial charge >= 0.3 is 0 Å². The molecule has 0 unspecified atom stereocenters. The second kappa shape index (κ2) is 3.64. The Bertz CT molecular complexity index is 445. The van der Waals surface area contributed by atoms with Crippen LogP contribution in [0.2, 0.25) is 0 Å². The zero-order valence-corrected chi connectivity index (χ0v) is 10.5. The fourth-order valence-electron chi connectivity index (χ4n) is 1.35. The minimum atomic E-state index is 1.06. The van der Waals surface area contributed by atoms with Crippen LogP contribution in [0.3, 0.4) is 0 Å². The summed E-state index contributed by atoms with van der Waals surface area (Å²) in [5, 5.41) is 3.40. The molecule has 68 valence electrons. The summed E-state index contributed by atoms with van der Waals surface area (Å²) in [6.07, 6.45) is 1.06. The Morgan fingerprint density at radius 2 is 2.23 bits per heavy atom. The molecule has 0 amide bonds. The van der Waals surface area contributed by atoms with E-state index < -0.39 is 0 Å². The summed E-state index contributed by atoms with van der Waals surface area (Å²) in [6.45, 7) is 2.16. The van der Waals surface area contributed by atoms with Crippen molar-refractivity contribution in [1.29, 1.82) is 0 Å². The Morgan fingerprint density at radius 3 is 2.92 bits per heavy atom. The van der Waals surface area contributed by atoms with Crippen molar-refractivity contribution in [2.45, 2.75) is 18.2 Å². The summed E-state index contributed by atoms with van der Waals surface area (Å²) in [4.78, 5) is 1.09. The van der Waals surface area contributed by atoms with Crippen LogP contribution in [-0.4, -0.2) is 0 Å². The van der Waals surface area contributed by atoms with E-state index in [1.165, 1.54) is 20.1 Å². The van der Waals surface area contributed by atoms with E-state index in [1.54, 1.807) is 11.3 Å². The van der Waals surface area contributed by atoms with Gasteiger partial charge < -0.3 is 0 Å².